The minimum absolute atomic E-state index is 0.168. The van der Waals surface area contributed by atoms with Crippen molar-refractivity contribution < 1.29 is 9.53 Å². The summed E-state index contributed by atoms with van der Waals surface area (Å²) in [7, 11) is 0. The van der Waals surface area contributed by atoms with E-state index in [1.54, 1.807) is 25.1 Å². The minimum atomic E-state index is -0.517. The molecule has 0 aliphatic heterocycles. The second-order valence-electron chi connectivity index (χ2n) is 4.44. The zero-order valence-electron chi connectivity index (χ0n) is 12.4. The molecule has 0 unspecified atom stereocenters. The van der Waals surface area contributed by atoms with E-state index in [1.807, 2.05) is 12.1 Å². The van der Waals surface area contributed by atoms with Crippen molar-refractivity contribution in [1.29, 1.82) is 10.5 Å². The van der Waals surface area contributed by atoms with E-state index in [0.29, 0.717) is 21.9 Å². The fourth-order valence-electron chi connectivity index (χ4n) is 1.86. The fourth-order valence-corrected chi connectivity index (χ4v) is 2.83. The SMILES string of the molecule is CCOC(=O)c1ccc(C#N)c(SCc2ccccc2C#N)n1. The number of nitriles is 2. The average molecular weight is 323 g/mol. The summed E-state index contributed by atoms with van der Waals surface area (Å²) >= 11 is 1.31. The first-order valence-corrected chi connectivity index (χ1v) is 7.87. The van der Waals surface area contributed by atoms with Gasteiger partial charge in [-0.1, -0.05) is 18.2 Å². The summed E-state index contributed by atoms with van der Waals surface area (Å²) in [5.41, 5.74) is 1.99. The second kappa shape index (κ2) is 7.98. The fraction of sp³-hybridized carbons (Fsp3) is 0.176. The molecule has 0 N–H and O–H groups in total. The maximum atomic E-state index is 11.8. The van der Waals surface area contributed by atoms with E-state index in [2.05, 4.69) is 17.1 Å². The first kappa shape index (κ1) is 16.5. The summed E-state index contributed by atoms with van der Waals surface area (Å²) in [5.74, 6) is -0.0335. The number of carbonyl (C=O) groups is 1. The van der Waals surface area contributed by atoms with E-state index >= 15 is 0 Å². The Morgan fingerprint density at radius 2 is 1.91 bits per heavy atom. The number of esters is 1. The Hall–Kier alpha value is -2.83. The highest BCUT2D eigenvalue weighted by molar-refractivity contribution is 7.98. The van der Waals surface area contributed by atoms with Gasteiger partial charge in [0.25, 0.3) is 0 Å². The number of hydrogen-bond acceptors (Lipinski definition) is 6. The molecule has 0 aliphatic rings. The number of thioether (sulfide) groups is 1. The van der Waals surface area contributed by atoms with Gasteiger partial charge in [-0.15, -0.1) is 11.8 Å². The number of nitrogens with zero attached hydrogens (tertiary/aromatic N) is 3. The van der Waals surface area contributed by atoms with Crippen molar-refractivity contribution >= 4 is 17.7 Å². The van der Waals surface area contributed by atoms with Crippen molar-refractivity contribution in [2.24, 2.45) is 0 Å². The van der Waals surface area contributed by atoms with Crippen molar-refractivity contribution in [3.8, 4) is 12.1 Å². The lowest BCUT2D eigenvalue weighted by Gasteiger charge is -2.07. The molecule has 0 saturated heterocycles. The van der Waals surface area contributed by atoms with Crippen LogP contribution in [-0.2, 0) is 10.5 Å². The van der Waals surface area contributed by atoms with Crippen molar-refractivity contribution in [2.45, 2.75) is 17.7 Å². The maximum absolute atomic E-state index is 11.8. The summed E-state index contributed by atoms with van der Waals surface area (Å²) in [6.45, 7) is 1.98. The third-order valence-electron chi connectivity index (χ3n) is 2.97. The van der Waals surface area contributed by atoms with Gasteiger partial charge in [-0.2, -0.15) is 10.5 Å². The summed E-state index contributed by atoms with van der Waals surface area (Å²) in [6, 6.07) is 14.5. The van der Waals surface area contributed by atoms with Gasteiger partial charge < -0.3 is 4.74 Å². The first-order chi connectivity index (χ1) is 11.2. The molecule has 23 heavy (non-hydrogen) atoms. The normalized spacial score (nSPS) is 9.70. The standard InChI is InChI=1S/C17H13N3O2S/c1-2-22-17(21)15-8-7-13(10-19)16(20-15)23-11-14-6-4-3-5-12(14)9-18/h3-8H,2,11H2,1H3. The molecule has 2 aromatic rings. The number of carbonyl (C=O) groups excluding carboxylic acids is 1. The Kier molecular flexibility index (Phi) is 5.74. The smallest absolute Gasteiger partial charge is 0.356 e. The van der Waals surface area contributed by atoms with Gasteiger partial charge in [0.1, 0.15) is 16.8 Å². The minimum Gasteiger partial charge on any atom is -0.461 e. The summed E-state index contributed by atoms with van der Waals surface area (Å²) in [4.78, 5) is 16.0. The zero-order valence-corrected chi connectivity index (χ0v) is 13.3. The maximum Gasteiger partial charge on any atom is 0.356 e. The third kappa shape index (κ3) is 4.09. The summed E-state index contributed by atoms with van der Waals surface area (Å²) in [6.07, 6.45) is 0. The Balaban J connectivity index is 2.24. The molecule has 0 fully saturated rings. The number of rotatable bonds is 5. The van der Waals surface area contributed by atoms with E-state index in [0.717, 1.165) is 5.56 Å². The van der Waals surface area contributed by atoms with E-state index < -0.39 is 5.97 Å². The molecule has 0 amide bonds. The van der Waals surface area contributed by atoms with E-state index in [1.165, 1.54) is 17.8 Å². The van der Waals surface area contributed by atoms with Crippen LogP contribution in [0.25, 0.3) is 0 Å². The number of pyridine rings is 1. The van der Waals surface area contributed by atoms with E-state index in [9.17, 15) is 10.1 Å². The van der Waals surface area contributed by atoms with Crippen LogP contribution in [0, 0.1) is 22.7 Å². The summed E-state index contributed by atoms with van der Waals surface area (Å²) < 4.78 is 4.92. The zero-order chi connectivity index (χ0) is 16.7. The van der Waals surface area contributed by atoms with Gasteiger partial charge in [0.05, 0.1) is 23.8 Å². The molecule has 0 radical (unpaired) electrons. The first-order valence-electron chi connectivity index (χ1n) is 6.88. The highest BCUT2D eigenvalue weighted by Crippen LogP contribution is 2.26. The van der Waals surface area contributed by atoms with Gasteiger partial charge in [-0.05, 0) is 30.7 Å². The quantitative estimate of drug-likeness (QED) is 0.620. The lowest BCUT2D eigenvalue weighted by molar-refractivity contribution is 0.0518. The Morgan fingerprint density at radius 3 is 2.61 bits per heavy atom. The topological polar surface area (TPSA) is 86.8 Å². The van der Waals surface area contributed by atoms with Crippen LogP contribution in [0.3, 0.4) is 0 Å². The number of aromatic nitrogens is 1. The van der Waals surface area contributed by atoms with Crippen molar-refractivity contribution in [3.05, 3.63) is 58.8 Å². The molecular formula is C17H13N3O2S. The highest BCUT2D eigenvalue weighted by Gasteiger charge is 2.13. The third-order valence-corrected chi connectivity index (χ3v) is 4.01. The molecule has 6 heteroatoms. The van der Waals surface area contributed by atoms with Crippen LogP contribution in [0.2, 0.25) is 0 Å². The Bertz CT molecular complexity index is 806. The molecule has 5 nitrogen and oxygen atoms in total. The molecule has 0 bridgehead atoms. The molecular weight excluding hydrogens is 310 g/mol. The molecule has 1 aromatic heterocycles. The lowest BCUT2D eigenvalue weighted by atomic mass is 10.1. The van der Waals surface area contributed by atoms with Gasteiger partial charge >= 0.3 is 5.97 Å². The van der Waals surface area contributed by atoms with Gasteiger partial charge in [0, 0.05) is 5.75 Å². The lowest BCUT2D eigenvalue weighted by Crippen LogP contribution is -2.08. The number of hydrogen-bond donors (Lipinski definition) is 0. The van der Waals surface area contributed by atoms with Crippen LogP contribution in [0.4, 0.5) is 0 Å². The van der Waals surface area contributed by atoms with Crippen LogP contribution in [0.5, 0.6) is 0 Å². The van der Waals surface area contributed by atoms with Crippen molar-refractivity contribution in [1.82, 2.24) is 4.98 Å². The van der Waals surface area contributed by atoms with Crippen LogP contribution >= 0.6 is 11.8 Å². The second-order valence-corrected chi connectivity index (χ2v) is 5.40. The summed E-state index contributed by atoms with van der Waals surface area (Å²) in [5, 5.41) is 18.7. The predicted octanol–water partition coefficient (Wildman–Crippen LogP) is 3.29. The molecule has 0 aliphatic carbocycles. The van der Waals surface area contributed by atoms with Crippen LogP contribution < -0.4 is 0 Å². The Labute approximate surface area is 138 Å². The van der Waals surface area contributed by atoms with Crippen molar-refractivity contribution in [2.75, 3.05) is 6.61 Å². The molecule has 2 rings (SSSR count). The molecule has 0 saturated carbocycles. The molecule has 1 heterocycles. The van der Waals surface area contributed by atoms with Gasteiger partial charge in [0.2, 0.25) is 0 Å². The van der Waals surface area contributed by atoms with Gasteiger partial charge in [0.15, 0.2) is 0 Å². The number of benzene rings is 1. The largest absolute Gasteiger partial charge is 0.461 e. The van der Waals surface area contributed by atoms with Crippen LogP contribution in [0.15, 0.2) is 41.4 Å². The van der Waals surface area contributed by atoms with Crippen LogP contribution in [-0.4, -0.2) is 17.6 Å². The van der Waals surface area contributed by atoms with Crippen LogP contribution in [0.1, 0.15) is 34.1 Å². The molecule has 114 valence electrons. The molecule has 0 spiro atoms. The molecule has 0 atom stereocenters. The van der Waals surface area contributed by atoms with Crippen molar-refractivity contribution in [3.63, 3.8) is 0 Å². The predicted molar refractivity (Wildman–Crippen MR) is 85.6 cm³/mol. The number of ether oxygens (including phenoxy) is 1. The molecule has 1 aromatic carbocycles. The highest BCUT2D eigenvalue weighted by atomic mass is 32.2. The van der Waals surface area contributed by atoms with E-state index in [-0.39, 0.29) is 12.3 Å². The van der Waals surface area contributed by atoms with Gasteiger partial charge in [-0.3, -0.25) is 0 Å². The van der Waals surface area contributed by atoms with E-state index in [4.69, 9.17) is 10.00 Å². The average Bonchev–Trinajstić information content (AvgIpc) is 2.60. The van der Waals surface area contributed by atoms with Gasteiger partial charge in [-0.25, -0.2) is 9.78 Å². The Morgan fingerprint density at radius 1 is 1.17 bits per heavy atom. The monoisotopic (exact) mass is 323 g/mol.